The van der Waals surface area contributed by atoms with E-state index in [1.807, 2.05) is 12.1 Å². The van der Waals surface area contributed by atoms with Gasteiger partial charge in [0.05, 0.1) is 0 Å². The molecule has 0 atom stereocenters. The minimum Gasteiger partial charge on any atom is -0.348 e. The van der Waals surface area contributed by atoms with Crippen molar-refractivity contribution in [2.75, 3.05) is 6.54 Å². The first-order valence-electron chi connectivity index (χ1n) is 5.83. The van der Waals surface area contributed by atoms with Gasteiger partial charge in [0.1, 0.15) is 0 Å². The van der Waals surface area contributed by atoms with Gasteiger partial charge in [0, 0.05) is 40.6 Å². The molecule has 2 aromatic rings. The van der Waals surface area contributed by atoms with Crippen molar-refractivity contribution in [3.8, 4) is 0 Å². The Hall–Kier alpha value is -0.990. The van der Waals surface area contributed by atoms with E-state index >= 15 is 0 Å². The summed E-state index contributed by atoms with van der Waals surface area (Å²) >= 11 is 6.06. The number of fused-ring (bicyclic) bond motifs is 1. The van der Waals surface area contributed by atoms with Crippen LogP contribution in [-0.4, -0.2) is 11.1 Å². The van der Waals surface area contributed by atoms with Gasteiger partial charge in [-0.05, 0) is 24.6 Å². The molecule has 3 heteroatoms. The lowest BCUT2D eigenvalue weighted by Crippen LogP contribution is -2.28. The number of nitrogens with two attached hydrogens (primary N) is 1. The van der Waals surface area contributed by atoms with Crippen LogP contribution in [0.15, 0.2) is 18.2 Å². The average molecular weight is 251 g/mol. The fourth-order valence-electron chi connectivity index (χ4n) is 2.49. The Balaban J connectivity index is 2.85. The minimum atomic E-state index is -0.0164. The number of hydrogen-bond donors (Lipinski definition) is 1. The van der Waals surface area contributed by atoms with Crippen molar-refractivity contribution in [3.05, 3.63) is 34.5 Å². The summed E-state index contributed by atoms with van der Waals surface area (Å²) in [5, 5.41) is 2.03. The maximum atomic E-state index is 6.06. The van der Waals surface area contributed by atoms with Crippen LogP contribution in [0.5, 0.6) is 0 Å². The van der Waals surface area contributed by atoms with Crippen molar-refractivity contribution in [1.29, 1.82) is 0 Å². The normalized spacial score (nSPS) is 12.4. The number of hydrogen-bond acceptors (Lipinski definition) is 1. The van der Waals surface area contributed by atoms with Crippen molar-refractivity contribution in [3.63, 3.8) is 0 Å². The molecule has 0 aliphatic heterocycles. The Kier molecular flexibility index (Phi) is 2.96. The Morgan fingerprint density at radius 3 is 2.59 bits per heavy atom. The molecular formula is C14H19ClN2. The average Bonchev–Trinajstić information content (AvgIpc) is 2.53. The van der Waals surface area contributed by atoms with Crippen molar-refractivity contribution >= 4 is 22.5 Å². The Bertz CT molecular complexity index is 567. The van der Waals surface area contributed by atoms with Crippen molar-refractivity contribution in [2.45, 2.75) is 26.2 Å². The molecular weight excluding hydrogens is 232 g/mol. The summed E-state index contributed by atoms with van der Waals surface area (Å²) in [5.41, 5.74) is 9.65. The molecule has 0 radical (unpaired) electrons. The standard InChI is InChI=1S/C14H19ClN2/c1-9-13(14(2,3)8-16)11-6-5-10(15)7-12(11)17(9)4/h5-7H,8,16H2,1-4H3. The molecule has 0 spiro atoms. The summed E-state index contributed by atoms with van der Waals surface area (Å²) in [5.74, 6) is 0. The van der Waals surface area contributed by atoms with Crippen LogP contribution in [0.2, 0.25) is 5.02 Å². The molecule has 1 heterocycles. The first-order valence-corrected chi connectivity index (χ1v) is 6.21. The van der Waals surface area contributed by atoms with Gasteiger partial charge in [-0.15, -0.1) is 0 Å². The number of nitrogens with zero attached hydrogens (tertiary/aromatic N) is 1. The number of halogens is 1. The SMILES string of the molecule is Cc1c(C(C)(C)CN)c2ccc(Cl)cc2n1C. The molecule has 17 heavy (non-hydrogen) atoms. The summed E-state index contributed by atoms with van der Waals surface area (Å²) in [7, 11) is 2.07. The lowest BCUT2D eigenvalue weighted by atomic mass is 9.83. The van der Waals surface area contributed by atoms with Gasteiger partial charge in [0.25, 0.3) is 0 Å². The smallest absolute Gasteiger partial charge is 0.0497 e. The van der Waals surface area contributed by atoms with Crippen molar-refractivity contribution < 1.29 is 0 Å². The van der Waals surface area contributed by atoms with Crippen LogP contribution < -0.4 is 5.73 Å². The van der Waals surface area contributed by atoms with E-state index < -0.39 is 0 Å². The Morgan fingerprint density at radius 1 is 1.35 bits per heavy atom. The lowest BCUT2D eigenvalue weighted by Gasteiger charge is -2.23. The topological polar surface area (TPSA) is 30.9 Å². The predicted molar refractivity (Wildman–Crippen MR) is 74.7 cm³/mol. The summed E-state index contributed by atoms with van der Waals surface area (Å²) in [6.07, 6.45) is 0. The maximum Gasteiger partial charge on any atom is 0.0497 e. The molecule has 2 N–H and O–H groups in total. The van der Waals surface area contributed by atoms with Crippen LogP contribution in [0.3, 0.4) is 0 Å². The quantitative estimate of drug-likeness (QED) is 0.871. The largest absolute Gasteiger partial charge is 0.348 e. The van der Waals surface area contributed by atoms with E-state index in [1.54, 1.807) is 0 Å². The molecule has 0 aliphatic rings. The highest BCUT2D eigenvalue weighted by molar-refractivity contribution is 6.31. The summed E-state index contributed by atoms with van der Waals surface area (Å²) < 4.78 is 2.19. The zero-order chi connectivity index (χ0) is 12.8. The van der Waals surface area contributed by atoms with Gasteiger partial charge < -0.3 is 10.3 Å². The zero-order valence-electron chi connectivity index (χ0n) is 10.8. The van der Waals surface area contributed by atoms with Gasteiger partial charge in [-0.1, -0.05) is 31.5 Å². The molecule has 0 fully saturated rings. The Morgan fingerprint density at radius 2 is 2.00 bits per heavy atom. The molecule has 2 rings (SSSR count). The number of aromatic nitrogens is 1. The highest BCUT2D eigenvalue weighted by Crippen LogP contribution is 2.35. The van der Waals surface area contributed by atoms with Crippen molar-refractivity contribution in [2.24, 2.45) is 12.8 Å². The van der Waals surface area contributed by atoms with Gasteiger partial charge >= 0.3 is 0 Å². The van der Waals surface area contributed by atoms with Gasteiger partial charge in [-0.25, -0.2) is 0 Å². The van der Waals surface area contributed by atoms with E-state index in [0.717, 1.165) is 5.02 Å². The highest BCUT2D eigenvalue weighted by Gasteiger charge is 2.26. The first kappa shape index (κ1) is 12.5. The van der Waals surface area contributed by atoms with Crippen LogP contribution >= 0.6 is 11.6 Å². The second-order valence-electron chi connectivity index (χ2n) is 5.27. The summed E-state index contributed by atoms with van der Waals surface area (Å²) in [6.45, 7) is 7.14. The van der Waals surface area contributed by atoms with Crippen LogP contribution in [0.25, 0.3) is 10.9 Å². The van der Waals surface area contributed by atoms with Crippen LogP contribution in [0.1, 0.15) is 25.1 Å². The van der Waals surface area contributed by atoms with Crippen molar-refractivity contribution in [1.82, 2.24) is 4.57 Å². The molecule has 0 saturated carbocycles. The third-order valence-electron chi connectivity index (χ3n) is 3.64. The maximum absolute atomic E-state index is 6.06. The number of aryl methyl sites for hydroxylation is 1. The van der Waals surface area contributed by atoms with E-state index in [2.05, 4.69) is 38.5 Å². The molecule has 2 nitrogen and oxygen atoms in total. The second-order valence-corrected chi connectivity index (χ2v) is 5.71. The minimum absolute atomic E-state index is 0.0164. The lowest BCUT2D eigenvalue weighted by molar-refractivity contribution is 0.537. The highest BCUT2D eigenvalue weighted by atomic mass is 35.5. The van der Waals surface area contributed by atoms with Gasteiger partial charge in [-0.3, -0.25) is 0 Å². The van der Waals surface area contributed by atoms with Gasteiger partial charge in [0.2, 0.25) is 0 Å². The van der Waals surface area contributed by atoms with E-state index in [-0.39, 0.29) is 5.41 Å². The van der Waals surface area contributed by atoms with E-state index in [4.69, 9.17) is 17.3 Å². The van der Waals surface area contributed by atoms with E-state index in [1.165, 1.54) is 22.2 Å². The molecule has 0 amide bonds. The fourth-order valence-corrected chi connectivity index (χ4v) is 2.66. The zero-order valence-corrected chi connectivity index (χ0v) is 11.6. The second kappa shape index (κ2) is 4.04. The van der Waals surface area contributed by atoms with Crippen LogP contribution in [0, 0.1) is 6.92 Å². The van der Waals surface area contributed by atoms with Gasteiger partial charge in [0.15, 0.2) is 0 Å². The molecule has 1 aromatic heterocycles. The van der Waals surface area contributed by atoms with Gasteiger partial charge in [-0.2, -0.15) is 0 Å². The summed E-state index contributed by atoms with van der Waals surface area (Å²) in [4.78, 5) is 0. The predicted octanol–water partition coefficient (Wildman–Crippen LogP) is 3.38. The van der Waals surface area contributed by atoms with Crippen LogP contribution in [-0.2, 0) is 12.5 Å². The first-order chi connectivity index (χ1) is 7.88. The molecule has 92 valence electrons. The summed E-state index contributed by atoms with van der Waals surface area (Å²) in [6, 6.07) is 6.05. The molecule has 1 aromatic carbocycles. The monoisotopic (exact) mass is 250 g/mol. The fraction of sp³-hybridized carbons (Fsp3) is 0.429. The molecule has 0 bridgehead atoms. The number of rotatable bonds is 2. The van der Waals surface area contributed by atoms with Crippen LogP contribution in [0.4, 0.5) is 0 Å². The molecule has 0 unspecified atom stereocenters. The number of benzene rings is 1. The molecule has 0 saturated heterocycles. The Labute approximate surface area is 107 Å². The van der Waals surface area contributed by atoms with E-state index in [9.17, 15) is 0 Å². The molecule has 0 aliphatic carbocycles. The third kappa shape index (κ3) is 1.85. The van der Waals surface area contributed by atoms with E-state index in [0.29, 0.717) is 6.54 Å². The third-order valence-corrected chi connectivity index (χ3v) is 3.88.